The third kappa shape index (κ3) is 3.52. The predicted molar refractivity (Wildman–Crippen MR) is 83.5 cm³/mol. The summed E-state index contributed by atoms with van der Waals surface area (Å²) in [5, 5.41) is 0. The molecule has 0 aromatic carbocycles. The summed E-state index contributed by atoms with van der Waals surface area (Å²) in [6.45, 7) is 17.2. The maximum absolute atomic E-state index is 2.79. The van der Waals surface area contributed by atoms with Crippen LogP contribution in [0.15, 0.2) is 0 Å². The lowest BCUT2D eigenvalue weighted by atomic mass is 9.71. The van der Waals surface area contributed by atoms with Crippen molar-refractivity contribution in [3.63, 3.8) is 0 Å². The molecule has 0 N–H and O–H groups in total. The van der Waals surface area contributed by atoms with Crippen LogP contribution in [0.25, 0.3) is 0 Å². The van der Waals surface area contributed by atoms with Crippen LogP contribution in [-0.2, 0) is 0 Å². The van der Waals surface area contributed by atoms with Gasteiger partial charge in [-0.3, -0.25) is 0 Å². The molecule has 0 spiro atoms. The fraction of sp³-hybridized carbons (Fsp3) is 1.00. The molecule has 2 nitrogen and oxygen atoms in total. The molecule has 0 bridgehead atoms. The Morgan fingerprint density at radius 3 is 1.84 bits per heavy atom. The Morgan fingerprint density at radius 1 is 0.895 bits per heavy atom. The lowest BCUT2D eigenvalue weighted by molar-refractivity contribution is 0.0259. The van der Waals surface area contributed by atoms with Gasteiger partial charge < -0.3 is 9.80 Å². The van der Waals surface area contributed by atoms with E-state index in [0.717, 1.165) is 18.0 Å². The molecule has 2 fully saturated rings. The third-order valence-corrected chi connectivity index (χ3v) is 6.08. The molecule has 0 aromatic rings. The van der Waals surface area contributed by atoms with E-state index in [9.17, 15) is 0 Å². The Bertz CT molecular complexity index is 269. The van der Waals surface area contributed by atoms with E-state index in [1.807, 2.05) is 0 Å². The highest BCUT2D eigenvalue weighted by Gasteiger charge is 2.35. The first-order valence-corrected chi connectivity index (χ1v) is 8.40. The highest BCUT2D eigenvalue weighted by molar-refractivity contribution is 4.89. The van der Waals surface area contributed by atoms with E-state index in [-0.39, 0.29) is 0 Å². The first-order chi connectivity index (χ1) is 8.92. The van der Waals surface area contributed by atoms with Crippen molar-refractivity contribution >= 4 is 0 Å². The van der Waals surface area contributed by atoms with Crippen LogP contribution in [0.5, 0.6) is 0 Å². The van der Waals surface area contributed by atoms with Gasteiger partial charge in [0.05, 0.1) is 0 Å². The molecule has 2 aliphatic heterocycles. The molecule has 19 heavy (non-hydrogen) atoms. The van der Waals surface area contributed by atoms with Gasteiger partial charge in [0.25, 0.3) is 0 Å². The summed E-state index contributed by atoms with van der Waals surface area (Å²) < 4.78 is 0. The van der Waals surface area contributed by atoms with Crippen molar-refractivity contribution in [1.82, 2.24) is 9.80 Å². The Kier molecular flexibility index (Phi) is 4.94. The molecule has 0 saturated carbocycles. The maximum atomic E-state index is 2.79. The van der Waals surface area contributed by atoms with Crippen molar-refractivity contribution in [3.8, 4) is 0 Å². The largest absolute Gasteiger partial charge is 0.301 e. The summed E-state index contributed by atoms with van der Waals surface area (Å²) >= 11 is 0. The molecule has 2 aliphatic rings. The second kappa shape index (κ2) is 6.13. The van der Waals surface area contributed by atoms with E-state index < -0.39 is 0 Å². The highest BCUT2D eigenvalue weighted by Crippen LogP contribution is 2.39. The average molecular weight is 266 g/mol. The van der Waals surface area contributed by atoms with E-state index in [0.29, 0.717) is 5.41 Å². The van der Waals surface area contributed by atoms with Crippen molar-refractivity contribution < 1.29 is 0 Å². The van der Waals surface area contributed by atoms with E-state index in [4.69, 9.17) is 0 Å². The van der Waals surface area contributed by atoms with E-state index in [2.05, 4.69) is 44.4 Å². The number of piperidine rings is 2. The Morgan fingerprint density at radius 2 is 1.42 bits per heavy atom. The molecule has 2 heterocycles. The number of hydrogen-bond acceptors (Lipinski definition) is 2. The summed E-state index contributed by atoms with van der Waals surface area (Å²) in [6, 6.07) is 1.60. The molecular weight excluding hydrogens is 232 g/mol. The minimum absolute atomic E-state index is 0.592. The highest BCUT2D eigenvalue weighted by atomic mass is 15.2. The van der Waals surface area contributed by atoms with Gasteiger partial charge in [-0.05, 0) is 77.0 Å². The minimum atomic E-state index is 0.592. The topological polar surface area (TPSA) is 6.48 Å². The van der Waals surface area contributed by atoms with Crippen LogP contribution in [-0.4, -0.2) is 48.1 Å². The second-order valence-electron chi connectivity index (χ2n) is 7.71. The van der Waals surface area contributed by atoms with E-state index in [1.54, 1.807) is 0 Å². The van der Waals surface area contributed by atoms with Crippen molar-refractivity contribution in [2.45, 2.75) is 72.4 Å². The summed E-state index contributed by atoms with van der Waals surface area (Å²) in [7, 11) is 0. The molecule has 2 heteroatoms. The predicted octanol–water partition coefficient (Wildman–Crippen LogP) is 3.62. The van der Waals surface area contributed by atoms with Gasteiger partial charge in [0.15, 0.2) is 0 Å². The van der Waals surface area contributed by atoms with Gasteiger partial charge in [0, 0.05) is 12.1 Å². The smallest absolute Gasteiger partial charge is 0.0120 e. The van der Waals surface area contributed by atoms with Crippen LogP contribution < -0.4 is 0 Å². The Hall–Kier alpha value is -0.0800. The maximum Gasteiger partial charge on any atom is 0.0120 e. The average Bonchev–Trinajstić information content (AvgIpc) is 2.39. The molecular formula is C17H34N2. The number of hydrogen-bond donors (Lipinski definition) is 0. The second-order valence-corrected chi connectivity index (χ2v) is 7.71. The van der Waals surface area contributed by atoms with Crippen molar-refractivity contribution in [1.29, 1.82) is 0 Å². The van der Waals surface area contributed by atoms with Gasteiger partial charge in [-0.2, -0.15) is 0 Å². The van der Waals surface area contributed by atoms with Crippen LogP contribution in [0.2, 0.25) is 0 Å². The van der Waals surface area contributed by atoms with Crippen LogP contribution >= 0.6 is 0 Å². The van der Waals surface area contributed by atoms with Gasteiger partial charge in [0.2, 0.25) is 0 Å². The molecule has 0 amide bonds. The summed E-state index contributed by atoms with van der Waals surface area (Å²) in [5.74, 6) is 0.831. The van der Waals surface area contributed by atoms with Crippen LogP contribution in [0, 0.1) is 11.3 Å². The van der Waals surface area contributed by atoms with Crippen LogP contribution in [0.4, 0.5) is 0 Å². The molecule has 0 aromatic heterocycles. The van der Waals surface area contributed by atoms with Crippen LogP contribution in [0.3, 0.4) is 0 Å². The number of likely N-dealkylation sites (tertiary alicyclic amines) is 2. The summed E-state index contributed by atoms with van der Waals surface area (Å²) in [4.78, 5) is 5.43. The van der Waals surface area contributed by atoms with Crippen molar-refractivity contribution in [3.05, 3.63) is 0 Å². The van der Waals surface area contributed by atoms with Gasteiger partial charge in [-0.15, -0.1) is 0 Å². The molecule has 2 saturated heterocycles. The van der Waals surface area contributed by atoms with Gasteiger partial charge >= 0.3 is 0 Å². The molecule has 0 radical (unpaired) electrons. The van der Waals surface area contributed by atoms with Crippen molar-refractivity contribution in [2.24, 2.45) is 11.3 Å². The van der Waals surface area contributed by atoms with Gasteiger partial charge in [-0.25, -0.2) is 0 Å². The van der Waals surface area contributed by atoms with Crippen LogP contribution in [0.1, 0.15) is 60.3 Å². The fourth-order valence-corrected chi connectivity index (χ4v) is 3.74. The van der Waals surface area contributed by atoms with E-state index in [1.165, 1.54) is 51.9 Å². The Labute approximate surface area is 120 Å². The SMILES string of the molecule is CC(C)N1CCC(N2CCC(C)(C(C)C)CC2)CC1. The first-order valence-electron chi connectivity index (χ1n) is 8.40. The Balaban J connectivity index is 1.80. The summed E-state index contributed by atoms with van der Waals surface area (Å²) in [6.07, 6.45) is 5.57. The molecule has 0 aliphatic carbocycles. The number of rotatable bonds is 3. The van der Waals surface area contributed by atoms with Gasteiger partial charge in [-0.1, -0.05) is 20.8 Å². The van der Waals surface area contributed by atoms with Gasteiger partial charge in [0.1, 0.15) is 0 Å². The first kappa shape index (κ1) is 15.3. The lowest BCUT2D eigenvalue weighted by Crippen LogP contribution is -2.50. The zero-order chi connectivity index (χ0) is 14.0. The zero-order valence-electron chi connectivity index (χ0n) is 13.8. The van der Waals surface area contributed by atoms with E-state index >= 15 is 0 Å². The lowest BCUT2D eigenvalue weighted by Gasteiger charge is -2.47. The zero-order valence-corrected chi connectivity index (χ0v) is 13.8. The third-order valence-electron chi connectivity index (χ3n) is 6.08. The molecule has 112 valence electrons. The standard InChI is InChI=1S/C17H34N2/c1-14(2)17(5)8-12-19(13-9-17)16-6-10-18(11-7-16)15(3)4/h14-16H,6-13H2,1-5H3. The summed E-state index contributed by atoms with van der Waals surface area (Å²) in [5.41, 5.74) is 0.592. The monoisotopic (exact) mass is 266 g/mol. The quantitative estimate of drug-likeness (QED) is 0.770. The molecule has 0 atom stereocenters. The minimum Gasteiger partial charge on any atom is -0.301 e. The normalized spacial score (nSPS) is 27.3. The molecule has 0 unspecified atom stereocenters. The fourth-order valence-electron chi connectivity index (χ4n) is 3.74. The van der Waals surface area contributed by atoms with Crippen molar-refractivity contribution in [2.75, 3.05) is 26.2 Å². The number of nitrogens with zero attached hydrogens (tertiary/aromatic N) is 2. The molecule has 2 rings (SSSR count).